The summed E-state index contributed by atoms with van der Waals surface area (Å²) in [6.07, 6.45) is 3.75. The zero-order chi connectivity index (χ0) is 15.8. The minimum atomic E-state index is 0.619. The minimum absolute atomic E-state index is 0.619. The SMILES string of the molecule is CC(C)CNCc1cncc(N(CC(C)C)CC(C)C)n1. The molecule has 0 atom stereocenters. The predicted molar refractivity (Wildman–Crippen MR) is 90.5 cm³/mol. The molecular weight excluding hydrogens is 260 g/mol. The highest BCUT2D eigenvalue weighted by Gasteiger charge is 2.12. The van der Waals surface area contributed by atoms with Gasteiger partial charge in [0.2, 0.25) is 0 Å². The van der Waals surface area contributed by atoms with Gasteiger partial charge in [-0.25, -0.2) is 4.98 Å². The molecule has 21 heavy (non-hydrogen) atoms. The summed E-state index contributed by atoms with van der Waals surface area (Å²) in [7, 11) is 0. The second-order valence-electron chi connectivity index (χ2n) is 7.09. The second-order valence-corrected chi connectivity index (χ2v) is 7.09. The summed E-state index contributed by atoms with van der Waals surface area (Å²) in [6.45, 7) is 17.2. The highest BCUT2D eigenvalue weighted by Crippen LogP contribution is 2.14. The second kappa shape index (κ2) is 8.98. The van der Waals surface area contributed by atoms with Crippen molar-refractivity contribution in [1.29, 1.82) is 0 Å². The Bertz CT molecular complexity index is 392. The van der Waals surface area contributed by atoms with Gasteiger partial charge in [0, 0.05) is 25.8 Å². The standard InChI is InChI=1S/C17H32N4/c1-13(2)7-18-8-16-9-19-10-17(20-16)21(11-14(3)4)12-15(5)6/h9-10,13-15,18H,7-8,11-12H2,1-6H3. The first-order chi connectivity index (χ1) is 9.88. The summed E-state index contributed by atoms with van der Waals surface area (Å²) in [5.41, 5.74) is 1.02. The van der Waals surface area contributed by atoms with Gasteiger partial charge in [-0.2, -0.15) is 0 Å². The average molecular weight is 292 g/mol. The van der Waals surface area contributed by atoms with Crippen molar-refractivity contribution in [1.82, 2.24) is 15.3 Å². The molecule has 120 valence electrons. The normalized spacial score (nSPS) is 11.7. The smallest absolute Gasteiger partial charge is 0.147 e. The van der Waals surface area contributed by atoms with Crippen LogP contribution in [0.15, 0.2) is 12.4 Å². The van der Waals surface area contributed by atoms with Crippen molar-refractivity contribution in [2.24, 2.45) is 17.8 Å². The van der Waals surface area contributed by atoms with E-state index in [9.17, 15) is 0 Å². The molecule has 0 radical (unpaired) electrons. The van der Waals surface area contributed by atoms with Crippen LogP contribution in [0, 0.1) is 17.8 Å². The average Bonchev–Trinajstić information content (AvgIpc) is 2.37. The molecule has 0 aliphatic heterocycles. The lowest BCUT2D eigenvalue weighted by Gasteiger charge is -2.27. The Morgan fingerprint density at radius 1 is 0.952 bits per heavy atom. The predicted octanol–water partition coefficient (Wildman–Crippen LogP) is 3.34. The molecule has 0 fully saturated rings. The Morgan fingerprint density at radius 2 is 1.57 bits per heavy atom. The van der Waals surface area contributed by atoms with Crippen LogP contribution in [0.3, 0.4) is 0 Å². The summed E-state index contributed by atoms with van der Waals surface area (Å²) in [5, 5.41) is 3.43. The molecule has 0 bridgehead atoms. The Morgan fingerprint density at radius 3 is 2.10 bits per heavy atom. The molecule has 0 saturated carbocycles. The molecular formula is C17H32N4. The minimum Gasteiger partial charge on any atom is -0.355 e. The van der Waals surface area contributed by atoms with E-state index in [4.69, 9.17) is 4.98 Å². The van der Waals surface area contributed by atoms with Crippen molar-refractivity contribution in [3.8, 4) is 0 Å². The third kappa shape index (κ3) is 7.42. The summed E-state index contributed by atoms with van der Waals surface area (Å²) >= 11 is 0. The first kappa shape index (κ1) is 17.9. The lowest BCUT2D eigenvalue weighted by Crippen LogP contribution is -2.32. The largest absolute Gasteiger partial charge is 0.355 e. The Labute approximate surface area is 130 Å². The molecule has 1 rings (SSSR count). The lowest BCUT2D eigenvalue weighted by molar-refractivity contribution is 0.539. The molecule has 4 heteroatoms. The summed E-state index contributed by atoms with van der Waals surface area (Å²) < 4.78 is 0. The van der Waals surface area contributed by atoms with Crippen LogP contribution in [0.1, 0.15) is 47.2 Å². The van der Waals surface area contributed by atoms with Gasteiger partial charge in [-0.1, -0.05) is 41.5 Å². The van der Waals surface area contributed by atoms with Gasteiger partial charge >= 0.3 is 0 Å². The van der Waals surface area contributed by atoms with Crippen LogP contribution in [0.2, 0.25) is 0 Å². The molecule has 0 aromatic carbocycles. The molecule has 1 N–H and O–H groups in total. The number of rotatable bonds is 9. The fourth-order valence-electron chi connectivity index (χ4n) is 2.26. The van der Waals surface area contributed by atoms with E-state index in [-0.39, 0.29) is 0 Å². The third-order valence-corrected chi connectivity index (χ3v) is 3.03. The number of hydrogen-bond acceptors (Lipinski definition) is 4. The summed E-state index contributed by atoms with van der Waals surface area (Å²) in [4.78, 5) is 11.5. The van der Waals surface area contributed by atoms with E-state index in [1.54, 1.807) is 0 Å². The third-order valence-electron chi connectivity index (χ3n) is 3.03. The van der Waals surface area contributed by atoms with Crippen molar-refractivity contribution in [2.45, 2.75) is 48.1 Å². The number of anilines is 1. The molecule has 4 nitrogen and oxygen atoms in total. The van der Waals surface area contributed by atoms with Gasteiger partial charge in [0.15, 0.2) is 0 Å². The number of hydrogen-bond donors (Lipinski definition) is 1. The Balaban J connectivity index is 2.73. The van der Waals surface area contributed by atoms with Crippen LogP contribution in [0.25, 0.3) is 0 Å². The van der Waals surface area contributed by atoms with Gasteiger partial charge < -0.3 is 10.2 Å². The first-order valence-corrected chi connectivity index (χ1v) is 8.15. The van der Waals surface area contributed by atoms with Crippen molar-refractivity contribution in [2.75, 3.05) is 24.5 Å². The monoisotopic (exact) mass is 292 g/mol. The molecule has 0 aliphatic carbocycles. The molecule has 0 amide bonds. The van der Waals surface area contributed by atoms with E-state index < -0.39 is 0 Å². The van der Waals surface area contributed by atoms with Crippen molar-refractivity contribution < 1.29 is 0 Å². The fraction of sp³-hybridized carbons (Fsp3) is 0.765. The fourth-order valence-corrected chi connectivity index (χ4v) is 2.26. The van der Waals surface area contributed by atoms with Crippen molar-refractivity contribution >= 4 is 5.82 Å². The maximum absolute atomic E-state index is 4.78. The topological polar surface area (TPSA) is 41.1 Å². The molecule has 1 aromatic heterocycles. The van der Waals surface area contributed by atoms with E-state index in [1.165, 1.54) is 0 Å². The van der Waals surface area contributed by atoms with Gasteiger partial charge in [0.05, 0.1) is 11.9 Å². The quantitative estimate of drug-likeness (QED) is 0.758. The number of nitrogens with zero attached hydrogens (tertiary/aromatic N) is 3. The summed E-state index contributed by atoms with van der Waals surface area (Å²) in [5.74, 6) is 2.89. The van der Waals surface area contributed by atoms with Gasteiger partial charge in [0.1, 0.15) is 5.82 Å². The molecule has 0 spiro atoms. The molecule has 1 heterocycles. The van der Waals surface area contributed by atoms with Gasteiger partial charge in [-0.3, -0.25) is 4.98 Å². The Hall–Kier alpha value is -1.16. The molecule has 0 aliphatic rings. The molecule has 0 unspecified atom stereocenters. The number of nitrogens with one attached hydrogen (secondary N) is 1. The van der Waals surface area contributed by atoms with E-state index in [0.717, 1.165) is 37.7 Å². The lowest BCUT2D eigenvalue weighted by atomic mass is 10.1. The maximum atomic E-state index is 4.78. The van der Waals surface area contributed by atoms with E-state index in [2.05, 4.69) is 56.7 Å². The zero-order valence-electron chi connectivity index (χ0n) is 14.6. The molecule has 0 saturated heterocycles. The van der Waals surface area contributed by atoms with Gasteiger partial charge in [-0.05, 0) is 24.3 Å². The van der Waals surface area contributed by atoms with E-state index in [0.29, 0.717) is 17.8 Å². The highest BCUT2D eigenvalue weighted by atomic mass is 15.2. The molecule has 1 aromatic rings. The number of aromatic nitrogens is 2. The van der Waals surface area contributed by atoms with Crippen molar-refractivity contribution in [3.63, 3.8) is 0 Å². The summed E-state index contributed by atoms with van der Waals surface area (Å²) in [6, 6.07) is 0. The van der Waals surface area contributed by atoms with Crippen LogP contribution < -0.4 is 10.2 Å². The van der Waals surface area contributed by atoms with Gasteiger partial charge in [-0.15, -0.1) is 0 Å². The van der Waals surface area contributed by atoms with Crippen LogP contribution >= 0.6 is 0 Å². The van der Waals surface area contributed by atoms with E-state index in [1.807, 2.05) is 12.4 Å². The van der Waals surface area contributed by atoms with Gasteiger partial charge in [0.25, 0.3) is 0 Å². The van der Waals surface area contributed by atoms with Crippen LogP contribution in [0.5, 0.6) is 0 Å². The zero-order valence-corrected chi connectivity index (χ0v) is 14.6. The highest BCUT2D eigenvalue weighted by molar-refractivity contribution is 5.36. The van der Waals surface area contributed by atoms with Crippen LogP contribution in [-0.2, 0) is 6.54 Å². The first-order valence-electron chi connectivity index (χ1n) is 8.15. The van der Waals surface area contributed by atoms with Crippen LogP contribution in [-0.4, -0.2) is 29.6 Å². The van der Waals surface area contributed by atoms with E-state index >= 15 is 0 Å². The van der Waals surface area contributed by atoms with Crippen molar-refractivity contribution in [3.05, 3.63) is 18.1 Å². The van der Waals surface area contributed by atoms with Crippen LogP contribution in [0.4, 0.5) is 5.82 Å². The maximum Gasteiger partial charge on any atom is 0.147 e. The Kier molecular flexibility index (Phi) is 7.65.